The Hall–Kier alpha value is -3.49. The van der Waals surface area contributed by atoms with Crippen molar-refractivity contribution in [2.24, 2.45) is 5.73 Å². The second-order valence-electron chi connectivity index (χ2n) is 10.4. The standard InChI is InChI=1S/C28H29ClFN7/c1-15-8-16-6-4-5-7-19(16)20(9-15)23-22(29)10-21-25(17-11-36(12-17)27(31)32)33-28(34-26(21)24(23)30)37-13-18(14-37)35(2)3/h4-10,17-18H,11-14H2,1-3H3,(H3,31,32). The van der Waals surface area contributed by atoms with Gasteiger partial charge in [0.1, 0.15) is 5.52 Å². The molecular formula is C28H29ClFN7. The molecule has 0 spiro atoms. The lowest BCUT2D eigenvalue weighted by atomic mass is 9.91. The minimum atomic E-state index is -0.435. The molecule has 7 nitrogen and oxygen atoms in total. The first-order chi connectivity index (χ1) is 17.7. The van der Waals surface area contributed by atoms with Crippen molar-refractivity contribution in [3.63, 3.8) is 0 Å². The lowest BCUT2D eigenvalue weighted by Crippen LogP contribution is -2.58. The van der Waals surface area contributed by atoms with E-state index >= 15 is 4.39 Å². The third-order valence-corrected chi connectivity index (χ3v) is 7.96. The number of nitrogens with zero attached hydrogens (tertiary/aromatic N) is 5. The van der Waals surface area contributed by atoms with Crippen molar-refractivity contribution in [2.75, 3.05) is 45.2 Å². The summed E-state index contributed by atoms with van der Waals surface area (Å²) < 4.78 is 16.5. The van der Waals surface area contributed by atoms with Crippen LogP contribution in [-0.4, -0.2) is 72.0 Å². The van der Waals surface area contributed by atoms with Gasteiger partial charge in [-0.15, -0.1) is 0 Å². The highest BCUT2D eigenvalue weighted by Gasteiger charge is 2.36. The molecule has 9 heteroatoms. The van der Waals surface area contributed by atoms with Crippen molar-refractivity contribution >= 4 is 45.2 Å². The number of likely N-dealkylation sites (N-methyl/N-ethyl adjacent to an activating group) is 1. The fourth-order valence-corrected chi connectivity index (χ4v) is 5.66. The number of nitrogens with one attached hydrogen (secondary N) is 1. The van der Waals surface area contributed by atoms with Gasteiger partial charge < -0.3 is 20.4 Å². The smallest absolute Gasteiger partial charge is 0.226 e. The maximum atomic E-state index is 16.5. The van der Waals surface area contributed by atoms with E-state index in [1.807, 2.05) is 37.3 Å². The molecule has 190 valence electrons. The summed E-state index contributed by atoms with van der Waals surface area (Å²) in [5.41, 5.74) is 8.85. The first kappa shape index (κ1) is 23.9. The number of hydrogen-bond donors (Lipinski definition) is 2. The maximum Gasteiger partial charge on any atom is 0.226 e. The Morgan fingerprint density at radius 3 is 2.51 bits per heavy atom. The molecule has 0 saturated carbocycles. The van der Waals surface area contributed by atoms with Gasteiger partial charge in [0.05, 0.1) is 10.7 Å². The normalized spacial score (nSPS) is 16.5. The zero-order valence-electron chi connectivity index (χ0n) is 21.1. The van der Waals surface area contributed by atoms with Crippen LogP contribution < -0.4 is 10.6 Å². The van der Waals surface area contributed by atoms with E-state index in [0.29, 0.717) is 41.1 Å². The average Bonchev–Trinajstić information content (AvgIpc) is 2.77. The Morgan fingerprint density at radius 2 is 1.81 bits per heavy atom. The summed E-state index contributed by atoms with van der Waals surface area (Å²) in [6.07, 6.45) is 0. The molecule has 2 saturated heterocycles. The van der Waals surface area contributed by atoms with Gasteiger partial charge in [-0.05, 0) is 49.0 Å². The van der Waals surface area contributed by atoms with Gasteiger partial charge in [0.2, 0.25) is 5.95 Å². The van der Waals surface area contributed by atoms with E-state index in [4.69, 9.17) is 32.7 Å². The predicted molar refractivity (Wildman–Crippen MR) is 148 cm³/mol. The van der Waals surface area contributed by atoms with Crippen LogP contribution in [0.15, 0.2) is 42.5 Å². The number of fused-ring (bicyclic) bond motifs is 2. The average molecular weight is 518 g/mol. The molecule has 0 atom stereocenters. The number of nitrogens with two attached hydrogens (primary N) is 1. The first-order valence-electron chi connectivity index (χ1n) is 12.4. The van der Waals surface area contributed by atoms with E-state index in [1.165, 1.54) is 0 Å². The van der Waals surface area contributed by atoms with Gasteiger partial charge in [0.15, 0.2) is 11.8 Å². The largest absolute Gasteiger partial charge is 0.370 e. The Labute approximate surface area is 220 Å². The van der Waals surface area contributed by atoms with Crippen molar-refractivity contribution in [1.29, 1.82) is 5.41 Å². The lowest BCUT2D eigenvalue weighted by Gasteiger charge is -2.43. The van der Waals surface area contributed by atoms with Gasteiger partial charge in [-0.1, -0.05) is 48.0 Å². The molecule has 6 rings (SSSR count). The Bertz CT molecular complexity index is 1560. The molecule has 0 aliphatic carbocycles. The van der Waals surface area contributed by atoms with Crippen molar-refractivity contribution < 1.29 is 4.39 Å². The van der Waals surface area contributed by atoms with Gasteiger partial charge in [0, 0.05) is 49.1 Å². The van der Waals surface area contributed by atoms with E-state index in [1.54, 1.807) is 11.0 Å². The van der Waals surface area contributed by atoms with Crippen LogP contribution >= 0.6 is 11.6 Å². The molecule has 0 bridgehead atoms. The van der Waals surface area contributed by atoms with Crippen LogP contribution in [0.4, 0.5) is 10.3 Å². The van der Waals surface area contributed by atoms with Crippen LogP contribution in [0, 0.1) is 18.2 Å². The van der Waals surface area contributed by atoms with Crippen molar-refractivity contribution in [2.45, 2.75) is 18.9 Å². The van der Waals surface area contributed by atoms with Crippen molar-refractivity contribution in [1.82, 2.24) is 19.8 Å². The van der Waals surface area contributed by atoms with E-state index in [2.05, 4.69) is 30.0 Å². The quantitative estimate of drug-likeness (QED) is 0.304. The highest BCUT2D eigenvalue weighted by molar-refractivity contribution is 6.34. The highest BCUT2D eigenvalue weighted by Crippen LogP contribution is 2.42. The van der Waals surface area contributed by atoms with E-state index < -0.39 is 5.82 Å². The second-order valence-corrected chi connectivity index (χ2v) is 10.8. The fraction of sp³-hybridized carbons (Fsp3) is 0.321. The summed E-state index contributed by atoms with van der Waals surface area (Å²) in [6.45, 7) is 4.69. The van der Waals surface area contributed by atoms with Crippen LogP contribution in [0.1, 0.15) is 17.2 Å². The molecule has 2 fully saturated rings. The molecule has 3 aromatic carbocycles. The molecule has 37 heavy (non-hydrogen) atoms. The number of hydrogen-bond acceptors (Lipinski definition) is 5. The topological polar surface area (TPSA) is 85.4 Å². The third kappa shape index (κ3) is 3.95. The number of benzene rings is 3. The molecule has 0 amide bonds. The van der Waals surface area contributed by atoms with Gasteiger partial charge in [-0.25, -0.2) is 14.4 Å². The number of aromatic nitrogens is 2. The van der Waals surface area contributed by atoms with E-state index in [0.717, 1.165) is 40.7 Å². The van der Waals surface area contributed by atoms with E-state index in [9.17, 15) is 0 Å². The van der Waals surface area contributed by atoms with Crippen LogP contribution in [0.25, 0.3) is 32.8 Å². The number of aryl methyl sites for hydroxylation is 1. The van der Waals surface area contributed by atoms with E-state index in [-0.39, 0.29) is 17.4 Å². The maximum absolute atomic E-state index is 16.5. The Kier molecular flexibility index (Phi) is 5.69. The van der Waals surface area contributed by atoms with Crippen LogP contribution in [0.3, 0.4) is 0 Å². The number of rotatable bonds is 4. The third-order valence-electron chi connectivity index (χ3n) is 7.66. The molecular weight excluding hydrogens is 489 g/mol. The van der Waals surface area contributed by atoms with Crippen LogP contribution in [-0.2, 0) is 0 Å². The summed E-state index contributed by atoms with van der Waals surface area (Å²) in [6, 6.07) is 14.2. The summed E-state index contributed by atoms with van der Waals surface area (Å²) in [7, 11) is 4.11. The predicted octanol–water partition coefficient (Wildman–Crippen LogP) is 4.59. The Balaban J connectivity index is 1.54. The van der Waals surface area contributed by atoms with Crippen LogP contribution in [0.5, 0.6) is 0 Å². The summed E-state index contributed by atoms with van der Waals surface area (Å²) in [5.74, 6) is 0.142. The number of guanidine groups is 1. The van der Waals surface area contributed by atoms with Crippen LogP contribution in [0.2, 0.25) is 5.02 Å². The zero-order valence-corrected chi connectivity index (χ0v) is 21.8. The number of likely N-dealkylation sites (tertiary alicyclic amines) is 1. The monoisotopic (exact) mass is 517 g/mol. The van der Waals surface area contributed by atoms with Crippen molar-refractivity contribution in [3.05, 3.63) is 64.6 Å². The molecule has 3 N–H and O–H groups in total. The van der Waals surface area contributed by atoms with Gasteiger partial charge in [-0.2, -0.15) is 0 Å². The second kappa shape index (κ2) is 8.82. The fourth-order valence-electron chi connectivity index (χ4n) is 5.37. The molecule has 4 aromatic rings. The number of anilines is 1. The summed E-state index contributed by atoms with van der Waals surface area (Å²) in [5, 5.41) is 10.7. The van der Waals surface area contributed by atoms with Gasteiger partial charge in [-0.3, -0.25) is 5.41 Å². The molecule has 1 aromatic heterocycles. The molecule has 0 unspecified atom stereocenters. The van der Waals surface area contributed by atoms with Crippen molar-refractivity contribution in [3.8, 4) is 11.1 Å². The summed E-state index contributed by atoms with van der Waals surface area (Å²) >= 11 is 6.83. The molecule has 2 aliphatic rings. The molecule has 0 radical (unpaired) electrons. The van der Waals surface area contributed by atoms with Gasteiger partial charge in [0.25, 0.3) is 0 Å². The Morgan fingerprint density at radius 1 is 1.08 bits per heavy atom. The molecule has 3 heterocycles. The zero-order chi connectivity index (χ0) is 26.0. The SMILES string of the molecule is Cc1cc(-c2c(Cl)cc3c(C4CN(C(=N)N)C4)nc(N4CC(N(C)C)C4)nc3c2F)c2ccccc2c1. The minimum Gasteiger partial charge on any atom is -0.370 e. The molecule has 2 aliphatic heterocycles. The first-order valence-corrected chi connectivity index (χ1v) is 12.8. The minimum absolute atomic E-state index is 0.0141. The highest BCUT2D eigenvalue weighted by atomic mass is 35.5. The summed E-state index contributed by atoms with van der Waals surface area (Å²) in [4.78, 5) is 15.7. The van der Waals surface area contributed by atoms with Gasteiger partial charge >= 0.3 is 0 Å². The lowest BCUT2D eigenvalue weighted by molar-refractivity contribution is 0.240. The number of halogens is 2.